The highest BCUT2D eigenvalue weighted by atomic mass is 31.2. The van der Waals surface area contributed by atoms with E-state index in [-0.39, 0.29) is 12.4 Å². The lowest BCUT2D eigenvalue weighted by atomic mass is 9.98. The number of H-pyrrole nitrogens is 1. The number of carbonyl (C=O) groups is 1. The van der Waals surface area contributed by atoms with E-state index >= 15 is 4.39 Å². The lowest BCUT2D eigenvalue weighted by Gasteiger charge is -2.28. The van der Waals surface area contributed by atoms with Crippen LogP contribution in [0.3, 0.4) is 0 Å². The van der Waals surface area contributed by atoms with Gasteiger partial charge in [-0.3, -0.25) is 23.7 Å². The van der Waals surface area contributed by atoms with Crippen molar-refractivity contribution in [3.8, 4) is 5.75 Å². The van der Waals surface area contributed by atoms with Crippen LogP contribution in [0.5, 0.6) is 5.75 Å². The molecule has 1 aromatic heterocycles. The molecule has 12 nitrogen and oxygen atoms in total. The van der Waals surface area contributed by atoms with Crippen LogP contribution in [0.2, 0.25) is 0 Å². The first-order valence-corrected chi connectivity index (χ1v) is 15.2. The first kappa shape index (κ1) is 32.3. The second-order valence-electron chi connectivity index (χ2n) is 10.4. The smallest absolute Gasteiger partial charge is 0.459 e. The van der Waals surface area contributed by atoms with Crippen LogP contribution < -0.4 is 20.9 Å². The predicted molar refractivity (Wildman–Crippen MR) is 154 cm³/mol. The second-order valence-corrected chi connectivity index (χ2v) is 12.1. The Morgan fingerprint density at radius 3 is 2.37 bits per heavy atom. The summed E-state index contributed by atoms with van der Waals surface area (Å²) in [5.74, 6) is -0.509. The number of rotatable bonds is 13. The van der Waals surface area contributed by atoms with E-state index in [0.717, 1.165) is 22.4 Å². The molecule has 1 fully saturated rings. The number of hydrogen-bond donors (Lipinski definition) is 2. The number of alkyl halides is 1. The highest BCUT2D eigenvalue weighted by Crippen LogP contribution is 2.48. The number of nitrogens with one attached hydrogen (secondary N) is 2. The van der Waals surface area contributed by atoms with Gasteiger partial charge >= 0.3 is 19.4 Å². The number of ether oxygens (including phenoxy) is 3. The zero-order valence-electron chi connectivity index (χ0n) is 24.2. The topological polar surface area (TPSA) is 147 Å². The van der Waals surface area contributed by atoms with Crippen molar-refractivity contribution in [2.45, 2.75) is 70.6 Å². The van der Waals surface area contributed by atoms with Crippen molar-refractivity contribution in [2.24, 2.45) is 0 Å². The van der Waals surface area contributed by atoms with Crippen LogP contribution in [0.25, 0.3) is 0 Å². The third kappa shape index (κ3) is 8.27. The SMILES string of the molecule is CC(C)OC(=O)[C@H](C)N[P@@](=O)(OC[C@H]1O[C@@H](n2ccc(=O)[nH]c2=O)[C@](C)(F)[C@@H]1OCc1ccccc1)Oc1ccccc1. The van der Waals surface area contributed by atoms with Gasteiger partial charge in [-0.05, 0) is 45.4 Å². The summed E-state index contributed by atoms with van der Waals surface area (Å²) in [5, 5.41) is 2.57. The number of aromatic amines is 1. The maximum atomic E-state index is 16.5. The van der Waals surface area contributed by atoms with Gasteiger partial charge in [-0.25, -0.2) is 13.8 Å². The van der Waals surface area contributed by atoms with E-state index in [1.807, 2.05) is 6.07 Å². The number of nitrogens with zero attached hydrogens (tertiary/aromatic N) is 1. The van der Waals surface area contributed by atoms with Crippen molar-refractivity contribution >= 4 is 13.7 Å². The summed E-state index contributed by atoms with van der Waals surface area (Å²) in [6.45, 7) is 5.44. The fourth-order valence-corrected chi connectivity index (χ4v) is 5.99. The third-order valence-electron chi connectivity index (χ3n) is 6.49. The summed E-state index contributed by atoms with van der Waals surface area (Å²) >= 11 is 0. The van der Waals surface area contributed by atoms with Crippen LogP contribution in [0, 0.1) is 0 Å². The number of aromatic nitrogens is 2. The Morgan fingerprint density at radius 2 is 1.74 bits per heavy atom. The molecular weight excluding hydrogens is 584 g/mol. The lowest BCUT2D eigenvalue weighted by molar-refractivity contribution is -0.149. The van der Waals surface area contributed by atoms with E-state index in [0.29, 0.717) is 0 Å². The molecule has 2 N–H and O–H groups in total. The summed E-state index contributed by atoms with van der Waals surface area (Å²) in [4.78, 5) is 38.8. The Morgan fingerprint density at radius 1 is 1.09 bits per heavy atom. The Bertz CT molecular complexity index is 1530. The normalized spacial score (nSPS) is 23.9. The van der Waals surface area contributed by atoms with Crippen molar-refractivity contribution in [3.63, 3.8) is 0 Å². The molecule has 0 saturated carbocycles. The molecule has 0 unspecified atom stereocenters. The molecule has 0 amide bonds. The molecule has 1 aliphatic heterocycles. The summed E-state index contributed by atoms with van der Waals surface area (Å²) in [6.07, 6.45) is -3.38. The van der Waals surface area contributed by atoms with Crippen molar-refractivity contribution in [1.82, 2.24) is 14.6 Å². The minimum atomic E-state index is -4.33. The fraction of sp³-hybridized carbons (Fsp3) is 0.414. The van der Waals surface area contributed by atoms with E-state index in [9.17, 15) is 18.9 Å². The number of esters is 1. The Kier molecular flexibility index (Phi) is 10.4. The molecule has 0 bridgehead atoms. The van der Waals surface area contributed by atoms with Gasteiger partial charge in [-0.1, -0.05) is 48.5 Å². The van der Waals surface area contributed by atoms with Gasteiger partial charge in [0.15, 0.2) is 11.9 Å². The molecule has 4 rings (SSSR count). The van der Waals surface area contributed by atoms with Crippen molar-refractivity contribution in [2.75, 3.05) is 6.61 Å². The highest BCUT2D eigenvalue weighted by Gasteiger charge is 2.57. The minimum Gasteiger partial charge on any atom is -0.462 e. The lowest BCUT2D eigenvalue weighted by Crippen LogP contribution is -2.45. The van der Waals surface area contributed by atoms with E-state index < -0.39 is 67.8 Å². The van der Waals surface area contributed by atoms with Crippen LogP contribution >= 0.6 is 7.75 Å². The molecule has 43 heavy (non-hydrogen) atoms. The molecule has 6 atom stereocenters. The summed E-state index contributed by atoms with van der Waals surface area (Å²) in [5.41, 5.74) is -3.12. The zero-order valence-corrected chi connectivity index (χ0v) is 25.1. The quantitative estimate of drug-likeness (QED) is 0.213. The van der Waals surface area contributed by atoms with Crippen molar-refractivity contribution in [3.05, 3.63) is 99.3 Å². The largest absolute Gasteiger partial charge is 0.462 e. The first-order chi connectivity index (χ1) is 20.4. The van der Waals surface area contributed by atoms with Crippen molar-refractivity contribution in [1.29, 1.82) is 0 Å². The van der Waals surface area contributed by atoms with Crippen molar-refractivity contribution < 1.29 is 37.0 Å². The van der Waals surface area contributed by atoms with Crippen LogP contribution in [0.4, 0.5) is 4.39 Å². The first-order valence-electron chi connectivity index (χ1n) is 13.7. The molecule has 2 aromatic carbocycles. The Labute approximate surface area is 247 Å². The molecule has 0 aliphatic carbocycles. The molecule has 3 aromatic rings. The van der Waals surface area contributed by atoms with Gasteiger partial charge in [0.25, 0.3) is 5.56 Å². The number of para-hydroxylation sites is 1. The summed E-state index contributed by atoms with van der Waals surface area (Å²) < 4.78 is 60.0. The van der Waals surface area contributed by atoms with E-state index in [1.165, 1.54) is 13.8 Å². The minimum absolute atomic E-state index is 0.00732. The van der Waals surface area contributed by atoms with Crippen LogP contribution in [-0.4, -0.2) is 52.1 Å². The highest BCUT2D eigenvalue weighted by molar-refractivity contribution is 7.52. The maximum Gasteiger partial charge on any atom is 0.459 e. The number of hydrogen-bond acceptors (Lipinski definition) is 9. The molecule has 0 radical (unpaired) electrons. The van der Waals surface area contributed by atoms with Gasteiger partial charge in [-0.2, -0.15) is 5.09 Å². The Hall–Kier alpha value is -3.61. The molecule has 232 valence electrons. The zero-order chi connectivity index (χ0) is 31.2. The average Bonchev–Trinajstić information content (AvgIpc) is 3.20. The van der Waals surface area contributed by atoms with Gasteiger partial charge < -0.3 is 18.7 Å². The molecule has 1 saturated heterocycles. The number of halogens is 1. The molecule has 2 heterocycles. The molecule has 14 heteroatoms. The molecule has 1 aliphatic rings. The predicted octanol–water partition coefficient (Wildman–Crippen LogP) is 3.88. The Balaban J connectivity index is 1.61. The summed E-state index contributed by atoms with van der Waals surface area (Å²) in [6, 6.07) is 17.1. The van der Waals surface area contributed by atoms with Crippen LogP contribution in [-0.2, 0) is 34.7 Å². The van der Waals surface area contributed by atoms with E-state index in [1.54, 1.807) is 68.4 Å². The second kappa shape index (κ2) is 13.8. The van der Waals surface area contributed by atoms with Gasteiger partial charge in [0.2, 0.25) is 0 Å². The van der Waals surface area contributed by atoms with Gasteiger partial charge in [0.05, 0.1) is 19.3 Å². The number of carbonyl (C=O) groups excluding carboxylic acids is 1. The van der Waals surface area contributed by atoms with Crippen LogP contribution in [0.1, 0.15) is 39.5 Å². The standard InChI is InChI=1S/C29H35FN3O9P/c1-19(2)40-26(35)20(3)32-43(37,42-22-13-9-6-10-14-22)39-18-23-25(38-17-21-11-7-5-8-12-21)29(4,30)27(41-23)33-16-15-24(34)31-28(33)36/h5-16,19-20,23,25,27H,17-18H2,1-4H3,(H,32,37)(H,31,34,36)/t20-,23+,25+,27+,29+,43+/m0/s1. The van der Waals surface area contributed by atoms with Crippen LogP contribution in [0.15, 0.2) is 82.5 Å². The van der Waals surface area contributed by atoms with Gasteiger partial charge in [0.1, 0.15) is 24.0 Å². The fourth-order valence-electron chi connectivity index (χ4n) is 4.49. The van der Waals surface area contributed by atoms with E-state index in [2.05, 4.69) is 10.1 Å². The molecule has 0 spiro atoms. The third-order valence-corrected chi connectivity index (χ3v) is 8.14. The maximum absolute atomic E-state index is 16.5. The summed E-state index contributed by atoms with van der Waals surface area (Å²) in [7, 11) is -4.33. The number of benzene rings is 2. The van der Waals surface area contributed by atoms with Gasteiger partial charge in [0, 0.05) is 12.3 Å². The monoisotopic (exact) mass is 619 g/mol. The molecular formula is C29H35FN3O9P. The van der Waals surface area contributed by atoms with E-state index in [4.69, 9.17) is 23.3 Å². The average molecular weight is 620 g/mol. The van der Waals surface area contributed by atoms with Gasteiger partial charge in [-0.15, -0.1) is 0 Å².